The van der Waals surface area contributed by atoms with E-state index in [0.717, 1.165) is 66.6 Å². The third-order valence-corrected chi connectivity index (χ3v) is 7.96. The quantitative estimate of drug-likeness (QED) is 0.206. The number of halogens is 2. The van der Waals surface area contributed by atoms with Gasteiger partial charge in [-0.25, -0.2) is 9.37 Å². The number of nitrogens with zero attached hydrogens (tertiary/aromatic N) is 5. The third-order valence-electron chi connectivity index (χ3n) is 7.72. The number of piperazine rings is 1. The second-order valence-electron chi connectivity index (χ2n) is 10.6. The summed E-state index contributed by atoms with van der Waals surface area (Å²) in [6.45, 7) is 6.41. The molecule has 1 N–H and O–H groups in total. The summed E-state index contributed by atoms with van der Waals surface area (Å²) in [7, 11) is 0. The molecular formula is C33H34ClFN6O. The van der Waals surface area contributed by atoms with Crippen LogP contribution in [0.25, 0.3) is 11.0 Å². The summed E-state index contributed by atoms with van der Waals surface area (Å²) in [5.41, 5.74) is 4.77. The van der Waals surface area contributed by atoms with Crippen LogP contribution in [-0.2, 0) is 19.6 Å². The van der Waals surface area contributed by atoms with E-state index >= 15 is 0 Å². The number of anilines is 1. The molecular weight excluding hydrogens is 551 g/mol. The fraction of sp³-hybridized carbons (Fsp3) is 0.273. The van der Waals surface area contributed by atoms with Crippen molar-refractivity contribution >= 4 is 28.5 Å². The molecule has 1 aliphatic rings. The number of hydrogen-bond donors (Lipinski definition) is 1. The number of aryl methyl sites for hydroxylation is 1. The molecule has 42 heavy (non-hydrogen) atoms. The van der Waals surface area contributed by atoms with Gasteiger partial charge in [-0.05, 0) is 72.1 Å². The normalized spacial score (nSPS) is 14.0. The van der Waals surface area contributed by atoms with E-state index in [-0.39, 0.29) is 5.82 Å². The van der Waals surface area contributed by atoms with Crippen LogP contribution in [0.4, 0.5) is 10.2 Å². The lowest BCUT2D eigenvalue weighted by Crippen LogP contribution is -2.46. The molecule has 0 bridgehead atoms. The van der Waals surface area contributed by atoms with Gasteiger partial charge in [0.05, 0.1) is 24.2 Å². The molecule has 1 aliphatic heterocycles. The van der Waals surface area contributed by atoms with Crippen LogP contribution in [0.15, 0.2) is 91.1 Å². The van der Waals surface area contributed by atoms with Gasteiger partial charge < -0.3 is 18.8 Å². The number of aromatic nitrogens is 3. The Bertz CT molecular complexity index is 1690. The van der Waals surface area contributed by atoms with E-state index in [2.05, 4.69) is 40.1 Å². The highest BCUT2D eigenvalue weighted by atomic mass is 35.5. The monoisotopic (exact) mass is 584 g/mol. The van der Waals surface area contributed by atoms with E-state index in [1.165, 1.54) is 17.7 Å². The third kappa shape index (κ3) is 6.50. The van der Waals surface area contributed by atoms with Gasteiger partial charge in [0, 0.05) is 50.5 Å². The van der Waals surface area contributed by atoms with E-state index in [1.807, 2.05) is 45.7 Å². The van der Waals surface area contributed by atoms with Gasteiger partial charge in [0.2, 0.25) is 5.62 Å². The molecule has 1 saturated heterocycles. The number of rotatable bonds is 10. The lowest BCUT2D eigenvalue weighted by atomic mass is 10.2. The van der Waals surface area contributed by atoms with E-state index in [1.54, 1.807) is 12.1 Å². The molecule has 2 aromatic heterocycles. The number of para-hydroxylation sites is 2. The molecule has 0 atom stereocenters. The Morgan fingerprint density at radius 2 is 1.57 bits per heavy atom. The van der Waals surface area contributed by atoms with Crippen molar-refractivity contribution in [3.63, 3.8) is 0 Å². The Labute approximate surface area is 249 Å². The molecule has 3 heterocycles. The molecule has 216 valence electrons. The van der Waals surface area contributed by atoms with Gasteiger partial charge in [0.25, 0.3) is 0 Å². The van der Waals surface area contributed by atoms with E-state index in [0.29, 0.717) is 31.1 Å². The summed E-state index contributed by atoms with van der Waals surface area (Å²) in [5, 5.41) is 9.75. The maximum atomic E-state index is 13.1. The molecule has 1 fully saturated rings. The molecule has 0 amide bonds. The minimum Gasteiger partial charge on any atom is -0.494 e. The Morgan fingerprint density at radius 1 is 0.810 bits per heavy atom. The van der Waals surface area contributed by atoms with Crippen molar-refractivity contribution in [2.45, 2.75) is 26.1 Å². The van der Waals surface area contributed by atoms with Gasteiger partial charge in [-0.2, -0.15) is 0 Å². The van der Waals surface area contributed by atoms with E-state index < -0.39 is 0 Å². The van der Waals surface area contributed by atoms with Crippen molar-refractivity contribution in [2.75, 3.05) is 37.7 Å². The second-order valence-corrected chi connectivity index (χ2v) is 11.1. The molecule has 9 heteroatoms. The zero-order valence-electron chi connectivity index (χ0n) is 23.4. The number of fused-ring (bicyclic) bond motifs is 1. The summed E-state index contributed by atoms with van der Waals surface area (Å²) in [4.78, 5) is 9.59. The predicted molar refractivity (Wildman–Crippen MR) is 165 cm³/mol. The molecule has 7 nitrogen and oxygen atoms in total. The minimum atomic E-state index is -0.279. The first-order chi connectivity index (χ1) is 20.5. The number of pyridine rings is 1. The highest BCUT2D eigenvalue weighted by Gasteiger charge is 2.18. The maximum Gasteiger partial charge on any atom is 0.203 e. The van der Waals surface area contributed by atoms with Crippen molar-refractivity contribution in [3.8, 4) is 5.75 Å². The Hall–Kier alpha value is -4.14. The van der Waals surface area contributed by atoms with Gasteiger partial charge >= 0.3 is 0 Å². The van der Waals surface area contributed by atoms with Crippen LogP contribution < -0.4 is 15.3 Å². The Kier molecular flexibility index (Phi) is 8.53. The zero-order chi connectivity index (χ0) is 28.9. The summed E-state index contributed by atoms with van der Waals surface area (Å²) in [6, 6.07) is 26.5. The smallest absolute Gasteiger partial charge is 0.203 e. The summed E-state index contributed by atoms with van der Waals surface area (Å²) in [6.07, 6.45) is 2.66. The van der Waals surface area contributed by atoms with Crippen LogP contribution >= 0.6 is 11.6 Å². The van der Waals surface area contributed by atoms with Gasteiger partial charge in [0.1, 0.15) is 17.4 Å². The average molecular weight is 585 g/mol. The van der Waals surface area contributed by atoms with E-state index in [4.69, 9.17) is 26.7 Å². The topological polar surface area (TPSA) is 62.3 Å². The van der Waals surface area contributed by atoms with Gasteiger partial charge in [0.15, 0.2) is 0 Å². The molecule has 0 aliphatic carbocycles. The van der Waals surface area contributed by atoms with Crippen LogP contribution in [0.1, 0.15) is 17.5 Å². The first kappa shape index (κ1) is 28.0. The average Bonchev–Trinajstić information content (AvgIpc) is 3.27. The molecule has 0 radical (unpaired) electrons. The fourth-order valence-corrected chi connectivity index (χ4v) is 5.75. The number of benzene rings is 3. The molecule has 0 spiro atoms. The first-order valence-corrected chi connectivity index (χ1v) is 14.7. The van der Waals surface area contributed by atoms with Gasteiger partial charge in [-0.1, -0.05) is 41.9 Å². The zero-order valence-corrected chi connectivity index (χ0v) is 24.2. The van der Waals surface area contributed by atoms with Crippen LogP contribution in [0.5, 0.6) is 5.75 Å². The Balaban J connectivity index is 1.07. The molecule has 3 aromatic carbocycles. The second kappa shape index (κ2) is 12.8. The largest absolute Gasteiger partial charge is 0.494 e. The van der Waals surface area contributed by atoms with Crippen LogP contribution in [0.3, 0.4) is 0 Å². The number of imidazole rings is 1. The van der Waals surface area contributed by atoms with Gasteiger partial charge in [-0.3, -0.25) is 10.3 Å². The molecule has 6 rings (SSSR count). The van der Waals surface area contributed by atoms with Gasteiger partial charge in [-0.15, -0.1) is 0 Å². The van der Waals surface area contributed by atoms with Crippen molar-refractivity contribution in [3.05, 3.63) is 119 Å². The number of ether oxygens (including phenoxy) is 1. The van der Waals surface area contributed by atoms with E-state index in [9.17, 15) is 4.39 Å². The standard InChI is InChI=1S/C33H34ClFN6O/c34-27-6-3-5-25(21-27)23-38-16-18-39(19-17-38)32-14-9-26(22-37-32)24-41-31-8-2-1-7-30(31)40(33(41)36)15-4-20-42-29-12-10-28(35)11-13-29/h1-3,5-14,21-22,36H,4,15-20,23-24H2. The fourth-order valence-electron chi connectivity index (χ4n) is 5.53. The van der Waals surface area contributed by atoms with Crippen molar-refractivity contribution in [1.82, 2.24) is 19.0 Å². The molecule has 0 unspecified atom stereocenters. The Morgan fingerprint density at radius 3 is 2.29 bits per heavy atom. The lowest BCUT2D eigenvalue weighted by molar-refractivity contribution is 0.249. The number of nitrogens with one attached hydrogen (secondary N) is 1. The first-order valence-electron chi connectivity index (χ1n) is 14.3. The van der Waals surface area contributed by atoms with Crippen LogP contribution in [-0.4, -0.2) is 51.8 Å². The lowest BCUT2D eigenvalue weighted by Gasteiger charge is -2.35. The summed E-state index contributed by atoms with van der Waals surface area (Å²) >= 11 is 6.16. The maximum absolute atomic E-state index is 13.1. The summed E-state index contributed by atoms with van der Waals surface area (Å²) in [5.74, 6) is 1.35. The van der Waals surface area contributed by atoms with Crippen molar-refractivity contribution < 1.29 is 9.13 Å². The van der Waals surface area contributed by atoms with Crippen LogP contribution in [0.2, 0.25) is 5.02 Å². The highest BCUT2D eigenvalue weighted by Crippen LogP contribution is 2.19. The predicted octanol–water partition coefficient (Wildman–Crippen LogP) is 5.95. The highest BCUT2D eigenvalue weighted by molar-refractivity contribution is 6.30. The van der Waals surface area contributed by atoms with Crippen LogP contribution in [0, 0.1) is 11.2 Å². The number of hydrogen-bond acceptors (Lipinski definition) is 5. The van der Waals surface area contributed by atoms with Crippen molar-refractivity contribution in [1.29, 1.82) is 5.41 Å². The molecule has 5 aromatic rings. The SMILES string of the molecule is N=c1n(CCCOc2ccc(F)cc2)c2ccccc2n1Cc1ccc(N2CCN(Cc3cccc(Cl)c3)CC2)nc1. The summed E-state index contributed by atoms with van der Waals surface area (Å²) < 4.78 is 23.0. The van der Waals surface area contributed by atoms with Crippen molar-refractivity contribution in [2.24, 2.45) is 0 Å². The minimum absolute atomic E-state index is 0.279. The molecule has 0 saturated carbocycles.